The fourth-order valence-corrected chi connectivity index (χ4v) is 2.36. The van der Waals surface area contributed by atoms with Gasteiger partial charge in [-0.3, -0.25) is 9.69 Å². The standard InChI is InChI=1S/C15H13NO5/c1-2-8-3-4-12-10(5-8)14(18)16-7-11(17)9(15(19)20)6-13(16)21-12/h3-7,13,17H,2H2,1H3,(H,19,20). The van der Waals surface area contributed by atoms with E-state index in [1.165, 1.54) is 11.0 Å². The highest BCUT2D eigenvalue weighted by molar-refractivity contribution is 6.00. The lowest BCUT2D eigenvalue weighted by Gasteiger charge is -2.35. The second kappa shape index (κ2) is 4.66. The minimum Gasteiger partial charge on any atom is -0.506 e. The van der Waals surface area contributed by atoms with Gasteiger partial charge in [0.25, 0.3) is 5.91 Å². The third-order valence-electron chi connectivity index (χ3n) is 3.52. The molecule has 0 bridgehead atoms. The molecule has 1 amide bonds. The Kier molecular flexibility index (Phi) is 2.94. The molecule has 0 aliphatic carbocycles. The number of benzene rings is 1. The van der Waals surface area contributed by atoms with E-state index in [9.17, 15) is 14.7 Å². The minimum absolute atomic E-state index is 0.280. The highest BCUT2D eigenvalue weighted by Crippen LogP contribution is 2.33. The van der Waals surface area contributed by atoms with Gasteiger partial charge in [-0.25, -0.2) is 4.79 Å². The number of ether oxygens (including phenoxy) is 1. The Balaban J connectivity index is 2.05. The number of aliphatic hydroxyl groups is 1. The Labute approximate surface area is 120 Å². The molecule has 2 aliphatic heterocycles. The zero-order valence-corrected chi connectivity index (χ0v) is 11.2. The Morgan fingerprint density at radius 1 is 1.43 bits per heavy atom. The number of hydrogen-bond acceptors (Lipinski definition) is 4. The molecule has 1 aromatic carbocycles. The van der Waals surface area contributed by atoms with Crippen LogP contribution in [0, 0.1) is 0 Å². The van der Waals surface area contributed by atoms with Crippen LogP contribution < -0.4 is 4.74 Å². The zero-order valence-electron chi connectivity index (χ0n) is 11.2. The van der Waals surface area contributed by atoms with Gasteiger partial charge in [-0.05, 0) is 30.2 Å². The Bertz CT molecular complexity index is 704. The van der Waals surface area contributed by atoms with Gasteiger partial charge in [-0.1, -0.05) is 13.0 Å². The van der Waals surface area contributed by atoms with Crippen LogP contribution in [-0.2, 0) is 11.2 Å². The van der Waals surface area contributed by atoms with E-state index in [1.807, 2.05) is 13.0 Å². The summed E-state index contributed by atoms with van der Waals surface area (Å²) in [5.74, 6) is -1.66. The molecule has 0 fully saturated rings. The van der Waals surface area contributed by atoms with Crippen LogP contribution in [0.4, 0.5) is 0 Å². The fourth-order valence-electron chi connectivity index (χ4n) is 2.36. The smallest absolute Gasteiger partial charge is 0.339 e. The molecular weight excluding hydrogens is 274 g/mol. The number of carboxylic acid groups (broad SMARTS) is 1. The summed E-state index contributed by atoms with van der Waals surface area (Å²) >= 11 is 0. The van der Waals surface area contributed by atoms with Crippen LogP contribution in [0.2, 0.25) is 0 Å². The van der Waals surface area contributed by atoms with E-state index in [0.717, 1.165) is 18.2 Å². The number of rotatable bonds is 2. The number of carbonyl (C=O) groups excluding carboxylic acids is 1. The van der Waals surface area contributed by atoms with Crippen molar-refractivity contribution in [1.29, 1.82) is 0 Å². The van der Waals surface area contributed by atoms with Gasteiger partial charge in [0, 0.05) is 0 Å². The highest BCUT2D eigenvalue weighted by Gasteiger charge is 2.36. The van der Waals surface area contributed by atoms with Crippen molar-refractivity contribution in [3.63, 3.8) is 0 Å². The van der Waals surface area contributed by atoms with Crippen molar-refractivity contribution in [2.75, 3.05) is 0 Å². The first-order valence-corrected chi connectivity index (χ1v) is 6.49. The van der Waals surface area contributed by atoms with Gasteiger partial charge in [-0.15, -0.1) is 0 Å². The number of hydrogen-bond donors (Lipinski definition) is 2. The van der Waals surface area contributed by atoms with Crippen LogP contribution in [-0.4, -0.2) is 33.2 Å². The molecule has 6 heteroatoms. The van der Waals surface area contributed by atoms with E-state index >= 15 is 0 Å². The molecule has 2 N–H and O–H groups in total. The van der Waals surface area contributed by atoms with Gasteiger partial charge in [0.2, 0.25) is 0 Å². The third kappa shape index (κ3) is 2.05. The number of aliphatic carboxylic acids is 1. The lowest BCUT2D eigenvalue weighted by Crippen LogP contribution is -2.45. The maximum Gasteiger partial charge on any atom is 0.339 e. The molecule has 2 aliphatic rings. The molecular formula is C15H13NO5. The van der Waals surface area contributed by atoms with Crippen LogP contribution in [0.25, 0.3) is 0 Å². The van der Waals surface area contributed by atoms with Gasteiger partial charge in [0.15, 0.2) is 6.23 Å². The van der Waals surface area contributed by atoms with Crippen LogP contribution in [0.5, 0.6) is 5.75 Å². The highest BCUT2D eigenvalue weighted by atomic mass is 16.5. The molecule has 1 aromatic rings. The molecule has 0 spiro atoms. The van der Waals surface area contributed by atoms with Gasteiger partial charge < -0.3 is 14.9 Å². The number of carboxylic acids is 1. The van der Waals surface area contributed by atoms with E-state index in [4.69, 9.17) is 9.84 Å². The first-order valence-electron chi connectivity index (χ1n) is 6.49. The quantitative estimate of drug-likeness (QED) is 0.866. The fraction of sp³-hybridized carbons (Fsp3) is 0.200. The van der Waals surface area contributed by atoms with Crippen molar-refractivity contribution < 1.29 is 24.5 Å². The SMILES string of the molecule is CCc1ccc2c(c1)C(=O)N1C=C(O)C(C(=O)O)=CC1O2. The molecule has 0 radical (unpaired) electrons. The predicted octanol–water partition coefficient (Wildman–Crippen LogP) is 1.83. The molecule has 0 aromatic heterocycles. The van der Waals surface area contributed by atoms with Gasteiger partial charge in [0.05, 0.1) is 11.8 Å². The van der Waals surface area contributed by atoms with Gasteiger partial charge in [0.1, 0.15) is 17.1 Å². The summed E-state index contributed by atoms with van der Waals surface area (Å²) in [6, 6.07) is 5.31. The van der Waals surface area contributed by atoms with Crippen molar-refractivity contribution in [2.24, 2.45) is 0 Å². The number of aryl methyl sites for hydroxylation is 1. The van der Waals surface area contributed by atoms with Gasteiger partial charge >= 0.3 is 5.97 Å². The lowest BCUT2D eigenvalue weighted by molar-refractivity contribution is -0.132. The summed E-state index contributed by atoms with van der Waals surface area (Å²) in [4.78, 5) is 24.7. The summed E-state index contributed by atoms with van der Waals surface area (Å²) in [6.45, 7) is 1.98. The Hall–Kier alpha value is -2.76. The van der Waals surface area contributed by atoms with Crippen molar-refractivity contribution in [1.82, 2.24) is 4.90 Å². The van der Waals surface area contributed by atoms with Crippen LogP contribution in [0.3, 0.4) is 0 Å². The molecule has 0 saturated carbocycles. The average molecular weight is 287 g/mol. The van der Waals surface area contributed by atoms with Crippen LogP contribution >= 0.6 is 0 Å². The normalized spacial score (nSPS) is 20.0. The zero-order chi connectivity index (χ0) is 15.1. The minimum atomic E-state index is -1.27. The summed E-state index contributed by atoms with van der Waals surface area (Å²) in [5, 5.41) is 18.7. The van der Waals surface area contributed by atoms with Crippen LogP contribution in [0.1, 0.15) is 22.8 Å². The number of nitrogens with zero attached hydrogens (tertiary/aromatic N) is 1. The summed E-state index contributed by atoms with van der Waals surface area (Å²) in [7, 11) is 0. The predicted molar refractivity (Wildman–Crippen MR) is 72.8 cm³/mol. The second-order valence-corrected chi connectivity index (χ2v) is 4.80. The lowest BCUT2D eigenvalue weighted by atomic mass is 10.0. The Morgan fingerprint density at radius 2 is 2.19 bits per heavy atom. The van der Waals surface area contributed by atoms with Crippen LogP contribution in [0.15, 0.2) is 41.8 Å². The van der Waals surface area contributed by atoms with E-state index in [0.29, 0.717) is 11.3 Å². The van der Waals surface area contributed by atoms with Crippen molar-refractivity contribution in [3.05, 3.63) is 52.9 Å². The first kappa shape index (κ1) is 13.2. The third-order valence-corrected chi connectivity index (χ3v) is 3.52. The number of aliphatic hydroxyl groups excluding tert-OH is 1. The summed E-state index contributed by atoms with van der Waals surface area (Å²) in [5.41, 5.74) is 1.12. The van der Waals surface area contributed by atoms with E-state index in [-0.39, 0.29) is 11.5 Å². The average Bonchev–Trinajstić information content (AvgIpc) is 2.47. The largest absolute Gasteiger partial charge is 0.506 e. The maximum atomic E-state index is 12.5. The van der Waals surface area contributed by atoms with E-state index in [2.05, 4.69) is 0 Å². The number of carbonyl (C=O) groups is 2. The van der Waals surface area contributed by atoms with Crippen molar-refractivity contribution in [3.8, 4) is 5.75 Å². The maximum absolute atomic E-state index is 12.5. The summed E-state index contributed by atoms with van der Waals surface area (Å²) in [6.07, 6.45) is 2.23. The molecule has 21 heavy (non-hydrogen) atoms. The Morgan fingerprint density at radius 3 is 2.86 bits per heavy atom. The van der Waals surface area contributed by atoms with Gasteiger partial charge in [-0.2, -0.15) is 0 Å². The summed E-state index contributed by atoms with van der Waals surface area (Å²) < 4.78 is 5.64. The van der Waals surface area contributed by atoms with Crippen molar-refractivity contribution >= 4 is 11.9 Å². The molecule has 108 valence electrons. The monoisotopic (exact) mass is 287 g/mol. The molecule has 0 saturated heterocycles. The van der Waals surface area contributed by atoms with E-state index < -0.39 is 18.0 Å². The molecule has 1 unspecified atom stereocenters. The van der Waals surface area contributed by atoms with Crippen molar-refractivity contribution in [2.45, 2.75) is 19.6 Å². The van der Waals surface area contributed by atoms with E-state index in [1.54, 1.807) is 12.1 Å². The number of amides is 1. The second-order valence-electron chi connectivity index (χ2n) is 4.80. The molecule has 1 atom stereocenters. The molecule has 6 nitrogen and oxygen atoms in total. The molecule has 3 rings (SSSR count). The molecule has 2 heterocycles. The topological polar surface area (TPSA) is 87.1 Å². The first-order chi connectivity index (χ1) is 10.0. The number of fused-ring (bicyclic) bond motifs is 2.